The minimum absolute atomic E-state index is 0.292. The third kappa shape index (κ3) is 6.79. The molecule has 1 heterocycles. The average molecular weight is 564 g/mol. The summed E-state index contributed by atoms with van der Waals surface area (Å²) in [5, 5.41) is 1.12. The van der Waals surface area contributed by atoms with Crippen LogP contribution in [0.25, 0.3) is 10.9 Å². The summed E-state index contributed by atoms with van der Waals surface area (Å²) >= 11 is 3.62. The van der Waals surface area contributed by atoms with Crippen molar-refractivity contribution in [1.82, 2.24) is 4.57 Å². The lowest BCUT2D eigenvalue weighted by atomic mass is 10.1. The van der Waals surface area contributed by atoms with Crippen LogP contribution in [-0.4, -0.2) is 32.0 Å². The smallest absolute Gasteiger partial charge is 0.149 e. The number of hydrogen-bond acceptors (Lipinski definition) is 5. The predicted octanol–water partition coefficient (Wildman–Crippen LogP) is 6.62. The highest BCUT2D eigenvalue weighted by Crippen LogP contribution is 2.31. The lowest BCUT2D eigenvalue weighted by molar-refractivity contribution is 0.133. The van der Waals surface area contributed by atoms with Gasteiger partial charge in [0, 0.05) is 27.5 Å². The topological polar surface area (TPSA) is 51.1 Å². The molecular formula is C30H30BrNO5. The fourth-order valence-corrected chi connectivity index (χ4v) is 4.32. The van der Waals surface area contributed by atoms with Gasteiger partial charge < -0.3 is 28.3 Å². The Morgan fingerprint density at radius 1 is 0.757 bits per heavy atom. The molecule has 0 aliphatic heterocycles. The second-order valence-electron chi connectivity index (χ2n) is 8.09. The number of hydrogen-bond donors (Lipinski definition) is 0. The fraction of sp³-hybridized carbons (Fsp3) is 0.267. The van der Waals surface area contributed by atoms with Crippen LogP contribution in [0.4, 0.5) is 0 Å². The monoisotopic (exact) mass is 563 g/mol. The molecule has 4 rings (SSSR count). The van der Waals surface area contributed by atoms with Crippen LogP contribution in [0.3, 0.4) is 0 Å². The van der Waals surface area contributed by atoms with Crippen LogP contribution in [0, 0.1) is 11.8 Å². The molecule has 4 aromatic rings. The van der Waals surface area contributed by atoms with Crippen LogP contribution in [0.5, 0.6) is 23.0 Å². The molecule has 0 saturated heterocycles. The van der Waals surface area contributed by atoms with E-state index in [1.54, 1.807) is 14.2 Å². The molecule has 0 radical (unpaired) electrons. The van der Waals surface area contributed by atoms with Crippen LogP contribution >= 0.6 is 15.9 Å². The standard InChI is InChI=1S/C30H30BrNO5/c1-4-35-20-28-27-19-22(31)7-16-29(27)32(30(28)21-37-26-14-10-24(34-3)11-15-26)17-5-6-18-36-25-12-8-23(33-2)9-13-25/h7-16,19H,4,17-18,20-21H2,1-3H3. The largest absolute Gasteiger partial charge is 0.497 e. The molecule has 0 fully saturated rings. The summed E-state index contributed by atoms with van der Waals surface area (Å²) in [6.45, 7) is 4.29. The van der Waals surface area contributed by atoms with Gasteiger partial charge in [-0.25, -0.2) is 0 Å². The summed E-state index contributed by atoms with van der Waals surface area (Å²) in [5.74, 6) is 9.49. The molecule has 0 spiro atoms. The summed E-state index contributed by atoms with van der Waals surface area (Å²) in [7, 11) is 3.29. The first-order valence-corrected chi connectivity index (χ1v) is 12.8. The Hall–Kier alpha value is -3.60. The zero-order valence-corrected chi connectivity index (χ0v) is 22.8. The molecule has 0 aliphatic rings. The summed E-state index contributed by atoms with van der Waals surface area (Å²) in [5.41, 5.74) is 3.21. The average Bonchev–Trinajstić information content (AvgIpc) is 3.22. The van der Waals surface area contributed by atoms with Crippen molar-refractivity contribution >= 4 is 26.8 Å². The highest BCUT2D eigenvalue weighted by molar-refractivity contribution is 9.10. The van der Waals surface area contributed by atoms with E-state index in [-0.39, 0.29) is 0 Å². The maximum Gasteiger partial charge on any atom is 0.149 e. The highest BCUT2D eigenvalue weighted by atomic mass is 79.9. The molecule has 37 heavy (non-hydrogen) atoms. The Morgan fingerprint density at radius 3 is 2.00 bits per heavy atom. The molecule has 3 aromatic carbocycles. The van der Waals surface area contributed by atoms with Gasteiger partial charge in [-0.3, -0.25) is 0 Å². The summed E-state index contributed by atoms with van der Waals surface area (Å²) in [6.07, 6.45) is 0. The van der Waals surface area contributed by atoms with Gasteiger partial charge in [-0.1, -0.05) is 27.8 Å². The van der Waals surface area contributed by atoms with Crippen molar-refractivity contribution in [2.45, 2.75) is 26.7 Å². The fourth-order valence-electron chi connectivity index (χ4n) is 3.96. The van der Waals surface area contributed by atoms with Crippen molar-refractivity contribution in [3.63, 3.8) is 0 Å². The van der Waals surface area contributed by atoms with Gasteiger partial charge in [0.25, 0.3) is 0 Å². The lowest BCUT2D eigenvalue weighted by Crippen LogP contribution is -2.08. The van der Waals surface area contributed by atoms with Crippen molar-refractivity contribution in [1.29, 1.82) is 0 Å². The van der Waals surface area contributed by atoms with Crippen LogP contribution in [0.1, 0.15) is 18.2 Å². The van der Waals surface area contributed by atoms with Gasteiger partial charge in [-0.05, 0) is 73.7 Å². The quantitative estimate of drug-likeness (QED) is 0.192. The van der Waals surface area contributed by atoms with Gasteiger partial charge in [0.05, 0.1) is 33.1 Å². The number of methoxy groups -OCH3 is 2. The SMILES string of the molecule is CCOCc1c(COc2ccc(OC)cc2)n(CC#CCOc2ccc(OC)cc2)c2ccc(Br)cc12. The van der Waals surface area contributed by atoms with Gasteiger partial charge in [0.15, 0.2) is 0 Å². The molecule has 0 bridgehead atoms. The molecule has 0 amide bonds. The number of fused-ring (bicyclic) bond motifs is 1. The zero-order chi connectivity index (χ0) is 26.0. The number of halogens is 1. The van der Waals surface area contributed by atoms with E-state index in [0.717, 1.165) is 49.6 Å². The molecule has 0 unspecified atom stereocenters. The molecule has 0 atom stereocenters. The first kappa shape index (κ1) is 26.5. The minimum atomic E-state index is 0.292. The van der Waals surface area contributed by atoms with Gasteiger partial charge >= 0.3 is 0 Å². The molecule has 0 N–H and O–H groups in total. The summed E-state index contributed by atoms with van der Waals surface area (Å²) < 4.78 is 31.4. The predicted molar refractivity (Wildman–Crippen MR) is 149 cm³/mol. The van der Waals surface area contributed by atoms with E-state index in [9.17, 15) is 0 Å². The van der Waals surface area contributed by atoms with Gasteiger partial charge in [-0.2, -0.15) is 0 Å². The van der Waals surface area contributed by atoms with Crippen LogP contribution in [-0.2, 0) is 24.5 Å². The van der Waals surface area contributed by atoms with E-state index in [1.165, 1.54) is 0 Å². The summed E-state index contributed by atoms with van der Waals surface area (Å²) in [6, 6.07) is 21.3. The molecule has 192 valence electrons. The number of rotatable bonds is 11. The van der Waals surface area contributed by atoms with Gasteiger partial charge in [-0.15, -0.1) is 0 Å². The first-order valence-electron chi connectivity index (χ1n) is 12.0. The number of nitrogens with zero attached hydrogens (tertiary/aromatic N) is 1. The Labute approximate surface area is 226 Å². The number of ether oxygens (including phenoxy) is 5. The van der Waals surface area contributed by atoms with E-state index >= 15 is 0 Å². The highest BCUT2D eigenvalue weighted by Gasteiger charge is 2.18. The molecule has 0 aliphatic carbocycles. The van der Waals surface area contributed by atoms with E-state index in [1.807, 2.05) is 61.5 Å². The molecule has 0 saturated carbocycles. The first-order chi connectivity index (χ1) is 18.1. The van der Waals surface area contributed by atoms with Crippen molar-refractivity contribution in [2.75, 3.05) is 27.4 Å². The van der Waals surface area contributed by atoms with E-state index in [2.05, 4.69) is 44.5 Å². The maximum absolute atomic E-state index is 6.19. The summed E-state index contributed by atoms with van der Waals surface area (Å²) in [4.78, 5) is 0. The third-order valence-corrected chi connectivity index (χ3v) is 6.36. The second kappa shape index (κ2) is 13.1. The Kier molecular flexibility index (Phi) is 9.36. The van der Waals surface area contributed by atoms with Gasteiger partial charge in [0.1, 0.15) is 36.2 Å². The zero-order valence-electron chi connectivity index (χ0n) is 21.3. The Bertz CT molecular complexity index is 1370. The third-order valence-electron chi connectivity index (χ3n) is 5.87. The Morgan fingerprint density at radius 2 is 1.38 bits per heavy atom. The van der Waals surface area contributed by atoms with Crippen LogP contribution < -0.4 is 18.9 Å². The lowest BCUT2D eigenvalue weighted by Gasteiger charge is -2.12. The maximum atomic E-state index is 6.19. The normalized spacial score (nSPS) is 10.6. The van der Waals surface area contributed by atoms with E-state index in [0.29, 0.717) is 33.0 Å². The molecule has 6 nitrogen and oxygen atoms in total. The Balaban J connectivity index is 1.57. The van der Waals surface area contributed by atoms with Crippen LogP contribution in [0.15, 0.2) is 71.2 Å². The van der Waals surface area contributed by atoms with Crippen molar-refractivity contribution in [3.8, 4) is 34.8 Å². The molecule has 7 heteroatoms. The van der Waals surface area contributed by atoms with Crippen LogP contribution in [0.2, 0.25) is 0 Å². The minimum Gasteiger partial charge on any atom is -0.497 e. The molecular weight excluding hydrogens is 534 g/mol. The second-order valence-corrected chi connectivity index (χ2v) is 9.01. The van der Waals surface area contributed by atoms with Crippen molar-refractivity contribution in [3.05, 3.63) is 82.5 Å². The van der Waals surface area contributed by atoms with Gasteiger partial charge in [0.2, 0.25) is 0 Å². The van der Waals surface area contributed by atoms with E-state index < -0.39 is 0 Å². The van der Waals surface area contributed by atoms with E-state index in [4.69, 9.17) is 23.7 Å². The number of benzene rings is 3. The molecule has 1 aromatic heterocycles. The van der Waals surface area contributed by atoms with Crippen molar-refractivity contribution in [2.24, 2.45) is 0 Å². The van der Waals surface area contributed by atoms with Crippen molar-refractivity contribution < 1.29 is 23.7 Å². The number of aromatic nitrogens is 1.